The van der Waals surface area contributed by atoms with Gasteiger partial charge in [0.25, 0.3) is 5.95 Å². The number of hydrogen-bond acceptors (Lipinski definition) is 3. The Morgan fingerprint density at radius 2 is 2.36 bits per heavy atom. The summed E-state index contributed by atoms with van der Waals surface area (Å²) < 4.78 is 4.89. The van der Waals surface area contributed by atoms with Crippen molar-refractivity contribution in [2.45, 2.75) is 6.92 Å². The van der Waals surface area contributed by atoms with Crippen LogP contribution in [0.1, 0.15) is 5.56 Å². The van der Waals surface area contributed by atoms with E-state index in [0.29, 0.717) is 5.71 Å². The van der Waals surface area contributed by atoms with Crippen molar-refractivity contribution in [3.63, 3.8) is 0 Å². The summed E-state index contributed by atoms with van der Waals surface area (Å²) in [5.41, 5.74) is 1.54. The molecule has 0 aliphatic rings. The maximum absolute atomic E-state index is 8.97. The molecule has 0 bridgehead atoms. The Kier molecular flexibility index (Phi) is 1.12. The summed E-state index contributed by atoms with van der Waals surface area (Å²) in [6.07, 6.45) is 1.65. The number of aromatic nitrogens is 1. The normalized spacial score (nSPS) is 10.6. The minimum absolute atomic E-state index is 0.0817. The van der Waals surface area contributed by atoms with Gasteiger partial charge in [-0.05, 0) is 18.6 Å². The van der Waals surface area contributed by atoms with Crippen molar-refractivity contribution in [2.75, 3.05) is 0 Å². The average Bonchev–Trinajstić information content (AvgIpc) is 2.31. The molecule has 0 radical (unpaired) electrons. The Hall–Kier alpha value is -1.51. The van der Waals surface area contributed by atoms with Gasteiger partial charge in [0.05, 0.1) is 0 Å². The van der Waals surface area contributed by atoms with E-state index < -0.39 is 0 Å². The summed E-state index contributed by atoms with van der Waals surface area (Å²) in [6, 6.07) is 3.44. The van der Waals surface area contributed by atoms with Crippen LogP contribution in [-0.2, 0) is 0 Å². The summed E-state index contributed by atoms with van der Waals surface area (Å²) in [5.74, 6) is -0.0817. The second kappa shape index (κ2) is 1.99. The van der Waals surface area contributed by atoms with Gasteiger partial charge < -0.3 is 9.52 Å². The molecule has 0 saturated heterocycles. The Morgan fingerprint density at radius 3 is 3.09 bits per heavy atom. The summed E-state index contributed by atoms with van der Waals surface area (Å²) in [5, 5.41) is 9.84. The number of furan rings is 1. The van der Waals surface area contributed by atoms with Crippen molar-refractivity contribution >= 4 is 11.1 Å². The molecule has 0 amide bonds. The quantitative estimate of drug-likeness (QED) is 0.621. The molecule has 0 fully saturated rings. The molecule has 2 aromatic heterocycles. The van der Waals surface area contributed by atoms with E-state index in [2.05, 4.69) is 4.98 Å². The molecule has 0 unspecified atom stereocenters. The molecule has 3 heteroatoms. The minimum Gasteiger partial charge on any atom is -0.481 e. The summed E-state index contributed by atoms with van der Waals surface area (Å²) in [6.45, 7) is 1.94. The number of nitrogens with zero attached hydrogens (tertiary/aromatic N) is 1. The van der Waals surface area contributed by atoms with E-state index in [0.717, 1.165) is 10.9 Å². The predicted molar refractivity (Wildman–Crippen MR) is 40.4 cm³/mol. The Bertz CT molecular complexity index is 392. The number of pyridine rings is 1. The van der Waals surface area contributed by atoms with Crippen molar-refractivity contribution in [3.05, 3.63) is 23.9 Å². The third kappa shape index (κ3) is 0.852. The molecule has 0 aliphatic heterocycles. The highest BCUT2D eigenvalue weighted by Gasteiger charge is 2.03. The molecule has 0 aromatic carbocycles. The third-order valence-electron chi connectivity index (χ3n) is 1.64. The van der Waals surface area contributed by atoms with Gasteiger partial charge in [0.2, 0.25) is 5.71 Å². The molecular formula is C8H7NO2. The summed E-state index contributed by atoms with van der Waals surface area (Å²) >= 11 is 0. The predicted octanol–water partition coefficient (Wildman–Crippen LogP) is 1.84. The van der Waals surface area contributed by atoms with Crippen LogP contribution in [0.4, 0.5) is 0 Å². The third-order valence-corrected chi connectivity index (χ3v) is 1.64. The van der Waals surface area contributed by atoms with E-state index in [1.165, 1.54) is 0 Å². The topological polar surface area (TPSA) is 46.3 Å². The monoisotopic (exact) mass is 149 g/mol. The average molecular weight is 149 g/mol. The molecule has 3 nitrogen and oxygen atoms in total. The van der Waals surface area contributed by atoms with Crippen LogP contribution in [0, 0.1) is 6.92 Å². The molecule has 11 heavy (non-hydrogen) atoms. The molecule has 2 rings (SSSR count). The fraction of sp³-hybridized carbons (Fsp3) is 0.125. The van der Waals surface area contributed by atoms with E-state index in [1.54, 1.807) is 12.3 Å². The van der Waals surface area contributed by atoms with E-state index in [1.807, 2.05) is 13.0 Å². The van der Waals surface area contributed by atoms with E-state index in [-0.39, 0.29) is 5.95 Å². The lowest BCUT2D eigenvalue weighted by Gasteiger charge is -1.89. The first-order chi connectivity index (χ1) is 5.27. The van der Waals surface area contributed by atoms with Crippen molar-refractivity contribution in [2.24, 2.45) is 0 Å². The molecule has 2 aromatic rings. The second-order valence-corrected chi connectivity index (χ2v) is 2.43. The molecule has 0 atom stereocenters. The number of hydrogen-bond donors (Lipinski definition) is 1. The van der Waals surface area contributed by atoms with Crippen molar-refractivity contribution in [1.82, 2.24) is 4.98 Å². The van der Waals surface area contributed by atoms with Crippen LogP contribution in [0.5, 0.6) is 5.95 Å². The minimum atomic E-state index is -0.0817. The van der Waals surface area contributed by atoms with Gasteiger partial charge >= 0.3 is 0 Å². The van der Waals surface area contributed by atoms with Gasteiger partial charge in [0.1, 0.15) is 0 Å². The molecule has 1 N–H and O–H groups in total. The molecule has 0 spiro atoms. The van der Waals surface area contributed by atoms with Crippen LogP contribution in [0.25, 0.3) is 11.1 Å². The van der Waals surface area contributed by atoms with Gasteiger partial charge in [-0.1, -0.05) is 0 Å². The summed E-state index contributed by atoms with van der Waals surface area (Å²) in [4.78, 5) is 3.94. The Balaban J connectivity index is 2.90. The molecule has 56 valence electrons. The van der Waals surface area contributed by atoms with Crippen molar-refractivity contribution in [3.8, 4) is 5.95 Å². The zero-order valence-corrected chi connectivity index (χ0v) is 6.03. The Morgan fingerprint density at radius 1 is 1.55 bits per heavy atom. The van der Waals surface area contributed by atoms with Crippen molar-refractivity contribution < 1.29 is 9.52 Å². The number of fused-ring (bicyclic) bond motifs is 1. The highest BCUT2D eigenvalue weighted by Crippen LogP contribution is 2.23. The van der Waals surface area contributed by atoms with Crippen LogP contribution in [0.2, 0.25) is 0 Å². The maximum Gasteiger partial charge on any atom is 0.284 e. The van der Waals surface area contributed by atoms with Crippen LogP contribution in [0.15, 0.2) is 22.7 Å². The lowest BCUT2D eigenvalue weighted by molar-refractivity contribution is 0.344. The molecule has 0 saturated carbocycles. The first kappa shape index (κ1) is 6.22. The maximum atomic E-state index is 8.97. The van der Waals surface area contributed by atoms with E-state index in [9.17, 15) is 0 Å². The van der Waals surface area contributed by atoms with Crippen LogP contribution in [-0.4, -0.2) is 10.1 Å². The van der Waals surface area contributed by atoms with Crippen LogP contribution < -0.4 is 0 Å². The number of rotatable bonds is 0. The summed E-state index contributed by atoms with van der Waals surface area (Å²) in [7, 11) is 0. The first-order valence-electron chi connectivity index (χ1n) is 3.31. The number of aryl methyl sites for hydroxylation is 1. The molecular weight excluding hydrogens is 142 g/mol. The smallest absolute Gasteiger partial charge is 0.284 e. The van der Waals surface area contributed by atoms with Crippen LogP contribution in [0.3, 0.4) is 0 Å². The zero-order valence-electron chi connectivity index (χ0n) is 6.03. The second-order valence-electron chi connectivity index (χ2n) is 2.43. The SMILES string of the molecule is Cc1ccnc2oc(O)cc12. The highest BCUT2D eigenvalue weighted by molar-refractivity contribution is 5.78. The highest BCUT2D eigenvalue weighted by atomic mass is 16.5. The van der Waals surface area contributed by atoms with E-state index in [4.69, 9.17) is 9.52 Å². The largest absolute Gasteiger partial charge is 0.481 e. The first-order valence-corrected chi connectivity index (χ1v) is 3.31. The molecule has 0 aliphatic carbocycles. The van der Waals surface area contributed by atoms with E-state index >= 15 is 0 Å². The fourth-order valence-corrected chi connectivity index (χ4v) is 1.05. The zero-order chi connectivity index (χ0) is 7.84. The Labute approximate surface area is 63.3 Å². The van der Waals surface area contributed by atoms with Gasteiger partial charge in [-0.3, -0.25) is 0 Å². The van der Waals surface area contributed by atoms with Gasteiger partial charge in [-0.15, -0.1) is 0 Å². The van der Waals surface area contributed by atoms with Gasteiger partial charge in [-0.25, -0.2) is 4.98 Å². The lowest BCUT2D eigenvalue weighted by atomic mass is 10.2. The fourth-order valence-electron chi connectivity index (χ4n) is 1.05. The van der Waals surface area contributed by atoms with Crippen molar-refractivity contribution in [1.29, 1.82) is 0 Å². The number of aromatic hydroxyl groups is 1. The lowest BCUT2D eigenvalue weighted by Crippen LogP contribution is -1.74. The van der Waals surface area contributed by atoms with Gasteiger partial charge in [0, 0.05) is 17.6 Å². The standard InChI is InChI=1S/C8H7NO2/c1-5-2-3-9-8-6(5)4-7(10)11-8/h2-4,10H,1H3. The van der Waals surface area contributed by atoms with Gasteiger partial charge in [-0.2, -0.15) is 0 Å². The van der Waals surface area contributed by atoms with Crippen LogP contribution >= 0.6 is 0 Å². The van der Waals surface area contributed by atoms with Gasteiger partial charge in [0.15, 0.2) is 0 Å². The molecule has 2 heterocycles.